The van der Waals surface area contributed by atoms with Gasteiger partial charge >= 0.3 is 0 Å². The molecule has 0 radical (unpaired) electrons. The number of nitrogen functional groups attached to an aromatic ring is 1. The van der Waals surface area contributed by atoms with Crippen LogP contribution in [-0.2, 0) is 4.74 Å². The van der Waals surface area contributed by atoms with Crippen molar-refractivity contribution >= 4 is 11.6 Å². The minimum Gasteiger partial charge on any atom is -0.464 e. The van der Waals surface area contributed by atoms with E-state index in [0.29, 0.717) is 49.0 Å². The van der Waals surface area contributed by atoms with E-state index in [0.717, 1.165) is 0 Å². The van der Waals surface area contributed by atoms with Crippen LogP contribution >= 0.6 is 0 Å². The Bertz CT molecular complexity index is 765. The molecular formula is C15H13N5O2. The quantitative estimate of drug-likeness (QED) is 0.893. The fourth-order valence-corrected chi connectivity index (χ4v) is 2.48. The van der Waals surface area contributed by atoms with Crippen LogP contribution in [0.2, 0.25) is 0 Å². The molecule has 2 aromatic rings. The van der Waals surface area contributed by atoms with Crippen molar-refractivity contribution in [3.63, 3.8) is 0 Å². The number of anilines is 2. The molecule has 1 saturated heterocycles. The predicted octanol–water partition coefficient (Wildman–Crippen LogP) is 1.50. The van der Waals surface area contributed by atoms with Gasteiger partial charge in [0.1, 0.15) is 40.7 Å². The summed E-state index contributed by atoms with van der Waals surface area (Å²) in [6.07, 6.45) is 1.49. The molecule has 22 heavy (non-hydrogen) atoms. The van der Waals surface area contributed by atoms with E-state index in [1.54, 1.807) is 12.1 Å². The van der Waals surface area contributed by atoms with Crippen molar-refractivity contribution in [1.82, 2.24) is 4.98 Å². The summed E-state index contributed by atoms with van der Waals surface area (Å²) in [7, 11) is 0. The van der Waals surface area contributed by atoms with Crippen LogP contribution in [0.1, 0.15) is 11.1 Å². The van der Waals surface area contributed by atoms with Crippen LogP contribution in [0.3, 0.4) is 0 Å². The summed E-state index contributed by atoms with van der Waals surface area (Å²) in [6, 6.07) is 7.55. The molecule has 1 fully saturated rings. The molecule has 0 saturated carbocycles. The van der Waals surface area contributed by atoms with Crippen LogP contribution in [0.5, 0.6) is 0 Å². The van der Waals surface area contributed by atoms with Gasteiger partial charge in [0, 0.05) is 13.1 Å². The minimum atomic E-state index is 0.0920. The Labute approximate surface area is 127 Å². The lowest BCUT2D eigenvalue weighted by molar-refractivity contribution is 0.122. The van der Waals surface area contributed by atoms with E-state index in [9.17, 15) is 10.5 Å². The Hall–Kier alpha value is -3.03. The van der Waals surface area contributed by atoms with Gasteiger partial charge in [-0.15, -0.1) is 0 Å². The number of morpholine rings is 1. The summed E-state index contributed by atoms with van der Waals surface area (Å²) in [5, 5.41) is 19.0. The standard InChI is InChI=1S/C15H13N5O2/c16-8-10-13(12-2-1-5-22-12)11(9-17)15(19-14(10)18)20-3-6-21-7-4-20/h1-2,5H,3-4,6-7H2,(H2,18,19). The van der Waals surface area contributed by atoms with Crippen LogP contribution in [0.25, 0.3) is 11.3 Å². The normalized spacial score (nSPS) is 14.4. The van der Waals surface area contributed by atoms with Gasteiger partial charge in [-0.05, 0) is 12.1 Å². The van der Waals surface area contributed by atoms with Gasteiger partial charge in [0.15, 0.2) is 0 Å². The van der Waals surface area contributed by atoms with E-state index in [4.69, 9.17) is 14.9 Å². The lowest BCUT2D eigenvalue weighted by Crippen LogP contribution is -2.37. The van der Waals surface area contributed by atoms with Crippen LogP contribution in [0, 0.1) is 22.7 Å². The van der Waals surface area contributed by atoms with Gasteiger partial charge in [0.2, 0.25) is 0 Å². The number of hydrogen-bond donors (Lipinski definition) is 1. The minimum absolute atomic E-state index is 0.0920. The second-order valence-electron chi connectivity index (χ2n) is 4.75. The number of hydrogen-bond acceptors (Lipinski definition) is 7. The molecule has 7 heteroatoms. The number of nitriles is 2. The molecule has 3 heterocycles. The molecule has 0 atom stereocenters. The topological polar surface area (TPSA) is 112 Å². The van der Waals surface area contributed by atoms with E-state index in [2.05, 4.69) is 11.1 Å². The predicted molar refractivity (Wildman–Crippen MR) is 78.8 cm³/mol. The first-order chi connectivity index (χ1) is 10.8. The highest BCUT2D eigenvalue weighted by Crippen LogP contribution is 2.35. The summed E-state index contributed by atoms with van der Waals surface area (Å²) in [5.74, 6) is 0.986. The van der Waals surface area contributed by atoms with Crippen LogP contribution in [0.4, 0.5) is 11.6 Å². The van der Waals surface area contributed by atoms with Crippen molar-refractivity contribution in [3.05, 3.63) is 29.5 Å². The third kappa shape index (κ3) is 2.24. The zero-order valence-electron chi connectivity index (χ0n) is 11.7. The number of nitrogens with zero attached hydrogens (tertiary/aromatic N) is 4. The summed E-state index contributed by atoms with van der Waals surface area (Å²) >= 11 is 0. The van der Waals surface area contributed by atoms with Crippen molar-refractivity contribution < 1.29 is 9.15 Å². The lowest BCUT2D eigenvalue weighted by atomic mass is 10.0. The zero-order valence-corrected chi connectivity index (χ0v) is 11.7. The van der Waals surface area contributed by atoms with Crippen LogP contribution in [0.15, 0.2) is 22.8 Å². The van der Waals surface area contributed by atoms with Crippen molar-refractivity contribution in [1.29, 1.82) is 10.5 Å². The second kappa shape index (κ2) is 5.76. The number of furan rings is 1. The molecule has 0 aromatic carbocycles. The van der Waals surface area contributed by atoms with Crippen molar-refractivity contribution in [2.75, 3.05) is 36.9 Å². The smallest absolute Gasteiger partial charge is 0.149 e. The van der Waals surface area contributed by atoms with E-state index in [1.807, 2.05) is 11.0 Å². The average molecular weight is 295 g/mol. The molecule has 0 aliphatic carbocycles. The Kier molecular flexibility index (Phi) is 3.65. The third-order valence-corrected chi connectivity index (χ3v) is 3.51. The number of ether oxygens (including phenoxy) is 1. The number of pyridine rings is 1. The van der Waals surface area contributed by atoms with Crippen molar-refractivity contribution in [2.45, 2.75) is 0 Å². The number of nitrogens with two attached hydrogens (primary N) is 1. The van der Waals surface area contributed by atoms with Gasteiger partial charge < -0.3 is 19.8 Å². The number of aromatic nitrogens is 1. The van der Waals surface area contributed by atoms with E-state index < -0.39 is 0 Å². The maximum absolute atomic E-state index is 9.60. The second-order valence-corrected chi connectivity index (χ2v) is 4.75. The fraction of sp³-hybridized carbons (Fsp3) is 0.267. The van der Waals surface area contributed by atoms with Crippen LogP contribution in [-0.4, -0.2) is 31.3 Å². The Morgan fingerprint density at radius 1 is 1.18 bits per heavy atom. The lowest BCUT2D eigenvalue weighted by Gasteiger charge is -2.29. The van der Waals surface area contributed by atoms with Crippen molar-refractivity contribution in [3.8, 4) is 23.5 Å². The third-order valence-electron chi connectivity index (χ3n) is 3.51. The molecule has 0 spiro atoms. The van der Waals surface area contributed by atoms with Gasteiger partial charge in [-0.3, -0.25) is 0 Å². The van der Waals surface area contributed by atoms with Gasteiger partial charge in [0.25, 0.3) is 0 Å². The van der Waals surface area contributed by atoms with Crippen LogP contribution < -0.4 is 10.6 Å². The fourth-order valence-electron chi connectivity index (χ4n) is 2.48. The first kappa shape index (κ1) is 13.9. The van der Waals surface area contributed by atoms with E-state index >= 15 is 0 Å². The highest BCUT2D eigenvalue weighted by Gasteiger charge is 2.25. The molecule has 7 nitrogen and oxygen atoms in total. The summed E-state index contributed by atoms with van der Waals surface area (Å²) in [4.78, 5) is 6.21. The van der Waals surface area contributed by atoms with E-state index in [1.165, 1.54) is 6.26 Å². The molecule has 1 aliphatic heterocycles. The summed E-state index contributed by atoms with van der Waals surface area (Å²) in [6.45, 7) is 2.35. The molecule has 0 unspecified atom stereocenters. The first-order valence-electron chi connectivity index (χ1n) is 6.76. The maximum atomic E-state index is 9.60. The molecule has 2 aromatic heterocycles. The first-order valence-corrected chi connectivity index (χ1v) is 6.76. The maximum Gasteiger partial charge on any atom is 0.149 e. The average Bonchev–Trinajstić information content (AvgIpc) is 3.08. The molecule has 1 aliphatic rings. The molecule has 2 N–H and O–H groups in total. The molecule has 3 rings (SSSR count). The Morgan fingerprint density at radius 3 is 2.50 bits per heavy atom. The Morgan fingerprint density at radius 2 is 1.91 bits per heavy atom. The molecular weight excluding hydrogens is 282 g/mol. The molecule has 110 valence electrons. The van der Waals surface area contributed by atoms with Gasteiger partial charge in [0.05, 0.1) is 25.0 Å². The highest BCUT2D eigenvalue weighted by molar-refractivity contribution is 5.83. The van der Waals surface area contributed by atoms with Gasteiger partial charge in [-0.25, -0.2) is 4.98 Å². The van der Waals surface area contributed by atoms with Gasteiger partial charge in [-0.1, -0.05) is 0 Å². The zero-order chi connectivity index (χ0) is 15.5. The van der Waals surface area contributed by atoms with Crippen molar-refractivity contribution in [2.24, 2.45) is 0 Å². The summed E-state index contributed by atoms with van der Waals surface area (Å²) < 4.78 is 10.7. The van der Waals surface area contributed by atoms with E-state index in [-0.39, 0.29) is 11.4 Å². The summed E-state index contributed by atoms with van der Waals surface area (Å²) in [5.41, 5.74) is 6.77. The van der Waals surface area contributed by atoms with Gasteiger partial charge in [-0.2, -0.15) is 10.5 Å². The monoisotopic (exact) mass is 295 g/mol. The molecule has 0 bridgehead atoms. The Balaban J connectivity index is 2.25. The highest BCUT2D eigenvalue weighted by atomic mass is 16.5. The molecule has 0 amide bonds. The number of rotatable bonds is 2. The SMILES string of the molecule is N#Cc1c(N)nc(N2CCOCC2)c(C#N)c1-c1ccco1. The largest absolute Gasteiger partial charge is 0.464 e.